The summed E-state index contributed by atoms with van der Waals surface area (Å²) in [5.41, 5.74) is 8.95. The Hall–Kier alpha value is -3.87. The number of benzene rings is 2. The maximum absolute atomic E-state index is 12.0. The Bertz CT molecular complexity index is 957. The minimum atomic E-state index is -0.526. The number of nitrogens with zero attached hydrogens (tertiary/aromatic N) is 2. The number of nitrogens with one attached hydrogen (secondary N) is 1. The number of amides is 1. The fourth-order valence-electron chi connectivity index (χ4n) is 2.46. The van der Waals surface area contributed by atoms with Crippen LogP contribution in [0.5, 0.6) is 5.75 Å². The molecule has 0 spiro atoms. The van der Waals surface area contributed by atoms with E-state index in [1.54, 1.807) is 30.6 Å². The molecule has 2 aromatic carbocycles. The highest BCUT2D eigenvalue weighted by Crippen LogP contribution is 2.24. The van der Waals surface area contributed by atoms with E-state index in [1.807, 2.05) is 42.5 Å². The summed E-state index contributed by atoms with van der Waals surface area (Å²) in [5, 5.41) is 6.19. The molecule has 0 saturated carbocycles. The summed E-state index contributed by atoms with van der Waals surface area (Å²) in [4.78, 5) is 16.2. The van der Waals surface area contributed by atoms with Crippen LogP contribution in [-0.2, 0) is 6.54 Å². The van der Waals surface area contributed by atoms with E-state index in [4.69, 9.17) is 16.3 Å². The Labute approximate surface area is 156 Å². The summed E-state index contributed by atoms with van der Waals surface area (Å²) in [7, 11) is 0. The summed E-state index contributed by atoms with van der Waals surface area (Å²) in [5.74, 6) is 5.83. The lowest BCUT2D eigenvalue weighted by Gasteiger charge is -2.09. The van der Waals surface area contributed by atoms with Crippen LogP contribution >= 0.6 is 0 Å². The Kier molecular flexibility index (Phi) is 5.64. The highest BCUT2D eigenvalue weighted by atomic mass is 16.6. The van der Waals surface area contributed by atoms with Crippen molar-refractivity contribution in [3.05, 3.63) is 84.2 Å². The molecule has 0 bridgehead atoms. The average Bonchev–Trinajstić information content (AvgIpc) is 2.73. The van der Waals surface area contributed by atoms with Crippen molar-refractivity contribution in [3.8, 4) is 16.9 Å². The highest BCUT2D eigenvalue weighted by molar-refractivity contribution is 5.97. The van der Waals surface area contributed by atoms with Gasteiger partial charge < -0.3 is 21.6 Å². The Morgan fingerprint density at radius 1 is 1.04 bits per heavy atom. The fraction of sp³-hybridized carbons (Fsp3) is 0.0500. The molecule has 0 unspecified atom stereocenters. The van der Waals surface area contributed by atoms with Crippen LogP contribution in [0.4, 0.5) is 4.79 Å². The van der Waals surface area contributed by atoms with Crippen LogP contribution in [0.3, 0.4) is 0 Å². The lowest BCUT2D eigenvalue weighted by molar-refractivity contribution is 0.200. The molecule has 3 rings (SSSR count). The molecule has 0 fully saturated rings. The zero-order valence-electron chi connectivity index (χ0n) is 14.5. The van der Waals surface area contributed by atoms with Gasteiger partial charge in [-0.2, -0.15) is 5.10 Å². The van der Waals surface area contributed by atoms with Crippen molar-refractivity contribution < 1.29 is 9.53 Å². The van der Waals surface area contributed by atoms with Gasteiger partial charge in [-0.25, -0.2) is 4.79 Å². The number of aromatic nitrogens is 1. The number of hydrogen-bond donors (Lipinski definition) is 3. The van der Waals surface area contributed by atoms with E-state index in [2.05, 4.69) is 15.4 Å². The van der Waals surface area contributed by atoms with E-state index in [0.29, 0.717) is 17.9 Å². The molecule has 136 valence electrons. The third-order valence-electron chi connectivity index (χ3n) is 3.83. The van der Waals surface area contributed by atoms with Gasteiger partial charge in [0.25, 0.3) is 0 Å². The monoisotopic (exact) mass is 361 g/mol. The fourth-order valence-corrected chi connectivity index (χ4v) is 2.46. The van der Waals surface area contributed by atoms with Gasteiger partial charge in [-0.15, -0.1) is 0 Å². The van der Waals surface area contributed by atoms with E-state index < -0.39 is 6.09 Å². The molecule has 7 heteroatoms. The number of pyridine rings is 1. The smallest absolute Gasteiger partial charge is 0.410 e. The van der Waals surface area contributed by atoms with Gasteiger partial charge in [0.1, 0.15) is 5.75 Å². The van der Waals surface area contributed by atoms with Crippen molar-refractivity contribution in [2.24, 2.45) is 16.7 Å². The number of hydrazone groups is 1. The first-order valence-electron chi connectivity index (χ1n) is 8.24. The van der Waals surface area contributed by atoms with Crippen molar-refractivity contribution >= 4 is 11.9 Å². The van der Waals surface area contributed by atoms with E-state index in [9.17, 15) is 4.79 Å². The highest BCUT2D eigenvalue weighted by Gasteiger charge is 2.07. The molecule has 0 atom stereocenters. The molecular weight excluding hydrogens is 342 g/mol. The molecule has 1 amide bonds. The van der Waals surface area contributed by atoms with Gasteiger partial charge in [0.15, 0.2) is 5.84 Å². The number of hydrogen-bond acceptors (Lipinski definition) is 5. The van der Waals surface area contributed by atoms with Crippen molar-refractivity contribution in [1.29, 1.82) is 0 Å². The van der Waals surface area contributed by atoms with Crippen LogP contribution in [-0.4, -0.2) is 16.9 Å². The SMILES string of the molecule is N/N=C(\N)c1cncc(-c2cccc(OC(=O)NCc3ccccc3)c2)c1. The maximum atomic E-state index is 12.0. The van der Waals surface area contributed by atoms with E-state index in [-0.39, 0.29) is 5.84 Å². The normalized spacial score (nSPS) is 11.0. The van der Waals surface area contributed by atoms with Gasteiger partial charge in [-0.3, -0.25) is 4.98 Å². The van der Waals surface area contributed by atoms with Gasteiger partial charge in [0.05, 0.1) is 0 Å². The first kappa shape index (κ1) is 17.9. The van der Waals surface area contributed by atoms with Gasteiger partial charge in [0.2, 0.25) is 0 Å². The predicted octanol–water partition coefficient (Wildman–Crippen LogP) is 2.62. The molecular formula is C20H19N5O2. The number of carbonyl (C=O) groups excluding carboxylic acids is 1. The topological polar surface area (TPSA) is 116 Å². The van der Waals surface area contributed by atoms with Crippen molar-refractivity contribution in [2.75, 3.05) is 0 Å². The van der Waals surface area contributed by atoms with Crippen LogP contribution in [0.1, 0.15) is 11.1 Å². The molecule has 1 aromatic heterocycles. The molecule has 1 heterocycles. The molecule has 7 nitrogen and oxygen atoms in total. The number of amidine groups is 1. The second-order valence-corrected chi connectivity index (χ2v) is 5.73. The minimum Gasteiger partial charge on any atom is -0.410 e. The van der Waals surface area contributed by atoms with Crippen LogP contribution < -0.4 is 21.6 Å². The van der Waals surface area contributed by atoms with Crippen LogP contribution in [0.2, 0.25) is 0 Å². The standard InChI is InChI=1S/C20H19N5O2/c21-19(25-22)17-9-16(12-23-13-17)15-7-4-8-18(10-15)27-20(26)24-11-14-5-2-1-3-6-14/h1-10,12-13H,11,22H2,(H2,21,25)(H,24,26). The zero-order chi connectivity index (χ0) is 19.1. The summed E-state index contributed by atoms with van der Waals surface area (Å²) >= 11 is 0. The summed E-state index contributed by atoms with van der Waals surface area (Å²) in [6.45, 7) is 0.392. The molecule has 0 aliphatic rings. The average molecular weight is 361 g/mol. The van der Waals surface area contributed by atoms with Crippen LogP contribution in [0, 0.1) is 0 Å². The van der Waals surface area contributed by atoms with E-state index in [0.717, 1.165) is 16.7 Å². The lowest BCUT2D eigenvalue weighted by atomic mass is 10.1. The third kappa shape index (κ3) is 4.82. The van der Waals surface area contributed by atoms with Gasteiger partial charge in [-0.1, -0.05) is 42.5 Å². The summed E-state index contributed by atoms with van der Waals surface area (Å²) < 4.78 is 5.36. The van der Waals surface area contributed by atoms with Crippen LogP contribution in [0.15, 0.2) is 78.2 Å². The number of ether oxygens (including phenoxy) is 1. The number of carbonyl (C=O) groups is 1. The largest absolute Gasteiger partial charge is 0.412 e. The Balaban J connectivity index is 1.69. The summed E-state index contributed by atoms with van der Waals surface area (Å²) in [6.07, 6.45) is 2.73. The quantitative estimate of drug-likeness (QED) is 0.280. The van der Waals surface area contributed by atoms with Crippen molar-refractivity contribution in [1.82, 2.24) is 10.3 Å². The second kappa shape index (κ2) is 8.48. The molecule has 0 radical (unpaired) electrons. The Morgan fingerprint density at radius 2 is 1.85 bits per heavy atom. The Morgan fingerprint density at radius 3 is 2.63 bits per heavy atom. The number of nitrogens with two attached hydrogens (primary N) is 2. The van der Waals surface area contributed by atoms with Gasteiger partial charge in [-0.05, 0) is 29.3 Å². The van der Waals surface area contributed by atoms with E-state index in [1.165, 1.54) is 0 Å². The lowest BCUT2D eigenvalue weighted by Crippen LogP contribution is -2.26. The third-order valence-corrected chi connectivity index (χ3v) is 3.83. The second-order valence-electron chi connectivity index (χ2n) is 5.73. The molecule has 3 aromatic rings. The molecule has 0 aliphatic carbocycles. The maximum Gasteiger partial charge on any atom is 0.412 e. The zero-order valence-corrected chi connectivity index (χ0v) is 14.5. The minimum absolute atomic E-state index is 0.192. The molecule has 0 aliphatic heterocycles. The first-order chi connectivity index (χ1) is 13.2. The van der Waals surface area contributed by atoms with Crippen molar-refractivity contribution in [2.45, 2.75) is 6.54 Å². The van der Waals surface area contributed by atoms with Gasteiger partial charge >= 0.3 is 6.09 Å². The molecule has 27 heavy (non-hydrogen) atoms. The molecule has 5 N–H and O–H groups in total. The van der Waals surface area contributed by atoms with Crippen molar-refractivity contribution in [3.63, 3.8) is 0 Å². The van der Waals surface area contributed by atoms with E-state index >= 15 is 0 Å². The first-order valence-corrected chi connectivity index (χ1v) is 8.24. The number of rotatable bonds is 5. The molecule has 0 saturated heterocycles. The predicted molar refractivity (Wildman–Crippen MR) is 104 cm³/mol. The van der Waals surface area contributed by atoms with Crippen LogP contribution in [0.25, 0.3) is 11.1 Å². The summed E-state index contributed by atoms with van der Waals surface area (Å²) in [6, 6.07) is 18.5. The van der Waals surface area contributed by atoms with Gasteiger partial charge in [0, 0.05) is 30.1 Å².